The lowest BCUT2D eigenvalue weighted by atomic mass is 9.92. The number of benzene rings is 1. The summed E-state index contributed by atoms with van der Waals surface area (Å²) in [7, 11) is 2.06. The van der Waals surface area contributed by atoms with Crippen molar-refractivity contribution in [2.45, 2.75) is 31.8 Å². The molecular weight excluding hydrogens is 324 g/mol. The molecule has 26 heavy (non-hydrogen) atoms. The maximum absolute atomic E-state index is 10.7. The molecule has 1 fully saturated rings. The van der Waals surface area contributed by atoms with Gasteiger partial charge in [-0.1, -0.05) is 30.3 Å². The lowest BCUT2D eigenvalue weighted by molar-refractivity contribution is 0.0516. The molecule has 5 heteroatoms. The monoisotopic (exact) mass is 354 g/mol. The molecule has 4 rings (SSSR count). The van der Waals surface area contributed by atoms with Gasteiger partial charge in [0.05, 0.1) is 11.8 Å². The van der Waals surface area contributed by atoms with Crippen molar-refractivity contribution in [1.82, 2.24) is 20.0 Å². The van der Waals surface area contributed by atoms with Crippen molar-refractivity contribution in [1.29, 1.82) is 0 Å². The maximum atomic E-state index is 10.7. The highest BCUT2D eigenvalue weighted by Crippen LogP contribution is 2.28. The summed E-state index contributed by atoms with van der Waals surface area (Å²) in [6.07, 6.45) is 4.00. The summed E-state index contributed by atoms with van der Waals surface area (Å²) in [5, 5.41) is 18.9. The van der Waals surface area contributed by atoms with Gasteiger partial charge >= 0.3 is 0 Å². The van der Waals surface area contributed by atoms with Gasteiger partial charge in [-0.2, -0.15) is 5.10 Å². The first-order valence-electron chi connectivity index (χ1n) is 9.93. The lowest BCUT2D eigenvalue weighted by Gasteiger charge is -2.31. The van der Waals surface area contributed by atoms with Gasteiger partial charge in [-0.25, -0.2) is 0 Å². The molecule has 0 aliphatic carbocycles. The number of aromatic nitrogens is 2. The average molecular weight is 354 g/mol. The van der Waals surface area contributed by atoms with Crippen LogP contribution >= 0.6 is 0 Å². The zero-order valence-electron chi connectivity index (χ0n) is 15.7. The van der Waals surface area contributed by atoms with Gasteiger partial charge < -0.3 is 15.3 Å². The van der Waals surface area contributed by atoms with Gasteiger partial charge in [0.25, 0.3) is 0 Å². The minimum absolute atomic E-state index is 0.204. The highest BCUT2D eigenvalue weighted by Gasteiger charge is 2.26. The predicted octanol–water partition coefficient (Wildman–Crippen LogP) is 1.85. The van der Waals surface area contributed by atoms with Gasteiger partial charge in [0.2, 0.25) is 0 Å². The van der Waals surface area contributed by atoms with Crippen LogP contribution in [0.25, 0.3) is 11.3 Å². The summed E-state index contributed by atoms with van der Waals surface area (Å²) in [5.74, 6) is 0.448. The van der Waals surface area contributed by atoms with E-state index in [0.717, 1.165) is 64.1 Å². The third-order valence-electron chi connectivity index (χ3n) is 6.04. The topological polar surface area (TPSA) is 53.3 Å². The molecule has 2 aliphatic heterocycles. The quantitative estimate of drug-likeness (QED) is 0.880. The molecule has 1 atom stereocenters. The fourth-order valence-corrected chi connectivity index (χ4v) is 4.48. The maximum Gasteiger partial charge on any atom is 0.0958 e. The predicted molar refractivity (Wildman–Crippen MR) is 104 cm³/mol. The molecular formula is C21H30N4O. The van der Waals surface area contributed by atoms with E-state index in [9.17, 15) is 5.11 Å². The average Bonchev–Trinajstić information content (AvgIpc) is 2.86. The Kier molecular flexibility index (Phi) is 5.38. The number of aliphatic hydroxyl groups is 1. The molecule has 0 saturated carbocycles. The van der Waals surface area contributed by atoms with Gasteiger partial charge in [0, 0.05) is 49.9 Å². The number of aliphatic hydroxyl groups excluding tert-OH is 1. The van der Waals surface area contributed by atoms with Crippen molar-refractivity contribution >= 4 is 0 Å². The van der Waals surface area contributed by atoms with Gasteiger partial charge in [0.1, 0.15) is 0 Å². The first-order chi connectivity index (χ1) is 12.7. The molecule has 1 aromatic carbocycles. The second kappa shape index (κ2) is 7.91. The Morgan fingerprint density at radius 2 is 1.88 bits per heavy atom. The highest BCUT2D eigenvalue weighted by molar-refractivity contribution is 5.64. The molecule has 5 nitrogen and oxygen atoms in total. The number of hydrogen-bond acceptors (Lipinski definition) is 4. The van der Waals surface area contributed by atoms with Crippen LogP contribution in [0.2, 0.25) is 0 Å². The first kappa shape index (κ1) is 17.7. The molecule has 0 spiro atoms. The van der Waals surface area contributed by atoms with E-state index in [2.05, 4.69) is 52.3 Å². The van der Waals surface area contributed by atoms with E-state index in [0.29, 0.717) is 5.92 Å². The van der Waals surface area contributed by atoms with Crippen molar-refractivity contribution in [2.75, 3.05) is 32.7 Å². The Balaban J connectivity index is 1.46. The fraction of sp³-hybridized carbons (Fsp3) is 0.571. The second-order valence-electron chi connectivity index (χ2n) is 7.72. The van der Waals surface area contributed by atoms with Crippen LogP contribution in [0.4, 0.5) is 0 Å². The second-order valence-corrected chi connectivity index (χ2v) is 7.72. The van der Waals surface area contributed by atoms with Crippen LogP contribution in [0.5, 0.6) is 0 Å². The molecule has 2 aromatic rings. The van der Waals surface area contributed by atoms with E-state index in [1.54, 1.807) is 0 Å². The van der Waals surface area contributed by atoms with E-state index in [1.807, 2.05) is 0 Å². The number of hydrogen-bond donors (Lipinski definition) is 2. The molecule has 140 valence electrons. The van der Waals surface area contributed by atoms with Crippen LogP contribution in [0, 0.1) is 5.92 Å². The van der Waals surface area contributed by atoms with Gasteiger partial charge in [-0.05, 0) is 38.3 Å². The SMILES string of the molecule is Cn1nc(-c2ccccc2)c2c1CCN(CC(O)C1CCNCC1)CC2. The van der Waals surface area contributed by atoms with Gasteiger partial charge in [-0.15, -0.1) is 0 Å². The van der Waals surface area contributed by atoms with Crippen molar-refractivity contribution in [2.24, 2.45) is 13.0 Å². The highest BCUT2D eigenvalue weighted by atomic mass is 16.3. The number of fused-ring (bicyclic) bond motifs is 1. The summed E-state index contributed by atoms with van der Waals surface area (Å²) in [5.41, 5.74) is 5.07. The third-order valence-corrected chi connectivity index (χ3v) is 6.04. The third kappa shape index (κ3) is 3.70. The Labute approximate surface area is 156 Å². The number of piperidine rings is 1. The van der Waals surface area contributed by atoms with Crippen molar-refractivity contribution in [3.8, 4) is 11.3 Å². The fourth-order valence-electron chi connectivity index (χ4n) is 4.48. The molecule has 1 unspecified atom stereocenters. The Morgan fingerprint density at radius 1 is 1.15 bits per heavy atom. The first-order valence-corrected chi connectivity index (χ1v) is 9.93. The summed E-state index contributed by atoms with van der Waals surface area (Å²) >= 11 is 0. The molecule has 1 aromatic heterocycles. The summed E-state index contributed by atoms with van der Waals surface area (Å²) in [6.45, 7) is 4.88. The Bertz CT molecular complexity index is 721. The van der Waals surface area contributed by atoms with Gasteiger partial charge in [0.15, 0.2) is 0 Å². The summed E-state index contributed by atoms with van der Waals surface area (Å²) in [4.78, 5) is 2.45. The molecule has 0 radical (unpaired) electrons. The van der Waals surface area contributed by atoms with Crippen molar-refractivity contribution in [3.63, 3.8) is 0 Å². The van der Waals surface area contributed by atoms with Gasteiger partial charge in [-0.3, -0.25) is 4.68 Å². The van der Waals surface area contributed by atoms with Crippen molar-refractivity contribution in [3.05, 3.63) is 41.6 Å². The van der Waals surface area contributed by atoms with Crippen LogP contribution in [0.3, 0.4) is 0 Å². The number of nitrogens with one attached hydrogen (secondary N) is 1. The normalized spacial score (nSPS) is 20.5. The largest absolute Gasteiger partial charge is 0.392 e. The van der Waals surface area contributed by atoms with E-state index >= 15 is 0 Å². The Morgan fingerprint density at radius 3 is 2.65 bits per heavy atom. The minimum atomic E-state index is -0.204. The molecule has 0 amide bonds. The minimum Gasteiger partial charge on any atom is -0.392 e. The van der Waals surface area contributed by atoms with E-state index in [4.69, 9.17) is 5.10 Å². The van der Waals surface area contributed by atoms with Crippen LogP contribution in [-0.2, 0) is 19.9 Å². The smallest absolute Gasteiger partial charge is 0.0958 e. The van der Waals surface area contributed by atoms with Crippen molar-refractivity contribution < 1.29 is 5.11 Å². The molecule has 0 bridgehead atoms. The van der Waals surface area contributed by atoms with Crippen LogP contribution in [-0.4, -0.2) is 58.6 Å². The number of aryl methyl sites for hydroxylation is 1. The van der Waals surface area contributed by atoms with E-state index in [1.165, 1.54) is 16.8 Å². The van der Waals surface area contributed by atoms with Crippen LogP contribution in [0.1, 0.15) is 24.1 Å². The molecule has 1 saturated heterocycles. The van der Waals surface area contributed by atoms with E-state index in [-0.39, 0.29) is 6.10 Å². The molecule has 3 heterocycles. The van der Waals surface area contributed by atoms with Crippen LogP contribution < -0.4 is 5.32 Å². The zero-order valence-corrected chi connectivity index (χ0v) is 15.7. The summed E-state index contributed by atoms with van der Waals surface area (Å²) < 4.78 is 2.06. The standard InChI is InChI=1S/C21H30N4O/c1-24-19-10-14-25(15-20(26)16-7-11-22-12-8-16)13-9-18(19)21(23-24)17-5-3-2-4-6-17/h2-6,16,20,22,26H,7-15H2,1H3. The molecule has 2 N–H and O–H groups in total. The van der Waals surface area contributed by atoms with E-state index < -0.39 is 0 Å². The lowest BCUT2D eigenvalue weighted by Crippen LogP contribution is -2.41. The summed E-state index contributed by atoms with van der Waals surface area (Å²) in [6, 6.07) is 10.5. The Hall–Kier alpha value is -1.69. The molecule has 2 aliphatic rings. The number of rotatable bonds is 4. The van der Waals surface area contributed by atoms with Crippen LogP contribution in [0.15, 0.2) is 30.3 Å². The number of β-amino-alcohol motifs (C(OH)–C–C–N with tert-alkyl or cyclic N) is 1. The zero-order chi connectivity index (χ0) is 17.9. The number of nitrogens with zero attached hydrogens (tertiary/aromatic N) is 3.